The van der Waals surface area contributed by atoms with Gasteiger partial charge in [0.25, 0.3) is 0 Å². The smallest absolute Gasteiger partial charge is 0.238 e. The second-order valence-electron chi connectivity index (χ2n) is 4.20. The van der Waals surface area contributed by atoms with Gasteiger partial charge in [-0.15, -0.1) is 0 Å². The molecular weight excluding hydrogens is 202 g/mol. The molecule has 0 amide bonds. The molecule has 0 bridgehead atoms. The molecule has 0 unspecified atom stereocenters. The molecule has 0 aliphatic heterocycles. The quantitative estimate of drug-likeness (QED) is 0.750. The first-order chi connectivity index (χ1) is 7.75. The first-order valence-corrected chi connectivity index (χ1v) is 5.35. The lowest BCUT2D eigenvalue weighted by molar-refractivity contribution is 0.440. The largest absolute Gasteiger partial charge is 0.266 e. The van der Waals surface area contributed by atoms with E-state index in [4.69, 9.17) is 5.41 Å². The number of fused-ring (bicyclic) bond motifs is 1. The molecule has 0 saturated heterocycles. The third-order valence-electron chi connectivity index (χ3n) is 3.17. The minimum atomic E-state index is 0.249. The summed E-state index contributed by atoms with van der Waals surface area (Å²) in [5, 5.41) is 15.7. The number of hydrogen-bond donors (Lipinski definition) is 1. The summed E-state index contributed by atoms with van der Waals surface area (Å²) in [5.74, 6) is 0. The molecule has 2 aromatic rings. The van der Waals surface area contributed by atoms with Crippen molar-refractivity contribution in [3.63, 3.8) is 0 Å². The maximum Gasteiger partial charge on any atom is 0.238 e. The number of hydrogen-bond acceptors (Lipinski definition) is 3. The van der Waals surface area contributed by atoms with Crippen molar-refractivity contribution >= 4 is 0 Å². The van der Waals surface area contributed by atoms with Crippen LogP contribution < -0.4 is 5.62 Å². The Balaban J connectivity index is 1.97. The fraction of sp³-hybridized carbons (Fsp3) is 0.364. The number of nitrogens with zero attached hydrogens (tertiary/aromatic N) is 4. The molecule has 0 fully saturated rings. The summed E-state index contributed by atoms with van der Waals surface area (Å²) >= 11 is 0. The topological polar surface area (TPSA) is 59.5 Å². The Bertz CT molecular complexity index is 555. The van der Waals surface area contributed by atoms with E-state index < -0.39 is 0 Å². The highest BCUT2D eigenvalue weighted by molar-refractivity contribution is 5.32. The maximum atomic E-state index is 7.85. The highest BCUT2D eigenvalue weighted by Crippen LogP contribution is 2.28. The van der Waals surface area contributed by atoms with Gasteiger partial charge in [0.05, 0.1) is 6.04 Å². The number of rotatable bonds is 1. The average molecular weight is 215 g/mol. The van der Waals surface area contributed by atoms with Gasteiger partial charge >= 0.3 is 0 Å². The van der Waals surface area contributed by atoms with Gasteiger partial charge in [-0.1, -0.05) is 24.3 Å². The lowest BCUT2D eigenvalue weighted by Crippen LogP contribution is -2.27. The molecule has 1 heterocycles. The molecule has 1 aromatic carbocycles. The molecule has 0 radical (unpaired) electrons. The van der Waals surface area contributed by atoms with E-state index in [1.54, 1.807) is 11.7 Å². The van der Waals surface area contributed by atoms with Crippen molar-refractivity contribution in [1.29, 1.82) is 5.41 Å². The van der Waals surface area contributed by atoms with Gasteiger partial charge in [0, 0.05) is 7.05 Å². The van der Waals surface area contributed by atoms with E-state index in [9.17, 15) is 0 Å². The Kier molecular flexibility index (Phi) is 1.92. The number of tetrazole rings is 1. The lowest BCUT2D eigenvalue weighted by Gasteiger charge is -2.06. The second-order valence-corrected chi connectivity index (χ2v) is 4.20. The molecule has 1 N–H and O–H groups in total. The van der Waals surface area contributed by atoms with Gasteiger partial charge in [0.1, 0.15) is 0 Å². The van der Waals surface area contributed by atoms with Gasteiger partial charge in [0.2, 0.25) is 5.62 Å². The van der Waals surface area contributed by atoms with Crippen LogP contribution in [-0.2, 0) is 19.9 Å². The number of benzene rings is 1. The van der Waals surface area contributed by atoms with Crippen LogP contribution in [0.2, 0.25) is 0 Å². The van der Waals surface area contributed by atoms with Gasteiger partial charge in [-0.25, -0.2) is 9.36 Å². The molecule has 16 heavy (non-hydrogen) atoms. The molecule has 0 saturated carbocycles. The molecule has 5 heteroatoms. The van der Waals surface area contributed by atoms with Crippen LogP contribution in [0.5, 0.6) is 0 Å². The average Bonchev–Trinajstić information content (AvgIpc) is 2.84. The Morgan fingerprint density at radius 3 is 2.31 bits per heavy atom. The summed E-state index contributed by atoms with van der Waals surface area (Å²) in [4.78, 5) is 0. The van der Waals surface area contributed by atoms with Crippen molar-refractivity contribution in [3.05, 3.63) is 41.0 Å². The molecule has 1 aliphatic carbocycles. The number of nitrogens with one attached hydrogen (secondary N) is 1. The van der Waals surface area contributed by atoms with Crippen molar-refractivity contribution in [3.8, 4) is 0 Å². The van der Waals surface area contributed by atoms with Gasteiger partial charge in [-0.2, -0.15) is 0 Å². The summed E-state index contributed by atoms with van der Waals surface area (Å²) in [6, 6.07) is 8.67. The first-order valence-electron chi connectivity index (χ1n) is 5.35. The van der Waals surface area contributed by atoms with E-state index in [-0.39, 0.29) is 6.04 Å². The lowest BCUT2D eigenvalue weighted by atomic mass is 10.1. The fourth-order valence-electron chi connectivity index (χ4n) is 2.29. The molecule has 1 aromatic heterocycles. The van der Waals surface area contributed by atoms with Crippen LogP contribution in [0.3, 0.4) is 0 Å². The predicted molar refractivity (Wildman–Crippen MR) is 57.7 cm³/mol. The van der Waals surface area contributed by atoms with Crippen molar-refractivity contribution < 1.29 is 0 Å². The van der Waals surface area contributed by atoms with Gasteiger partial charge < -0.3 is 0 Å². The third kappa shape index (κ3) is 1.28. The zero-order chi connectivity index (χ0) is 11.1. The van der Waals surface area contributed by atoms with Crippen LogP contribution in [0.1, 0.15) is 17.2 Å². The van der Waals surface area contributed by atoms with Crippen LogP contribution in [0, 0.1) is 5.41 Å². The van der Waals surface area contributed by atoms with Crippen LogP contribution in [0.15, 0.2) is 24.3 Å². The van der Waals surface area contributed by atoms with Crippen molar-refractivity contribution in [2.24, 2.45) is 7.05 Å². The fourth-order valence-corrected chi connectivity index (χ4v) is 2.29. The van der Waals surface area contributed by atoms with E-state index in [1.165, 1.54) is 15.8 Å². The molecule has 1 aliphatic rings. The summed E-state index contributed by atoms with van der Waals surface area (Å²) < 4.78 is 3.20. The van der Waals surface area contributed by atoms with Gasteiger partial charge in [-0.05, 0) is 34.4 Å². The normalized spacial score (nSPS) is 15.3. The molecular formula is C11H13N5. The van der Waals surface area contributed by atoms with Gasteiger partial charge in [0.15, 0.2) is 0 Å². The van der Waals surface area contributed by atoms with Crippen LogP contribution >= 0.6 is 0 Å². The molecule has 3 rings (SSSR count). The van der Waals surface area contributed by atoms with Crippen molar-refractivity contribution in [2.75, 3.05) is 0 Å². The van der Waals surface area contributed by atoms with Gasteiger partial charge in [-0.3, -0.25) is 5.41 Å². The van der Waals surface area contributed by atoms with Crippen LogP contribution in [0.25, 0.3) is 0 Å². The van der Waals surface area contributed by atoms with Crippen molar-refractivity contribution in [2.45, 2.75) is 18.9 Å². The first kappa shape index (κ1) is 9.33. The van der Waals surface area contributed by atoms with Crippen LogP contribution in [-0.4, -0.2) is 19.8 Å². The number of aromatic nitrogens is 4. The maximum absolute atomic E-state index is 7.85. The highest BCUT2D eigenvalue weighted by atomic mass is 15.6. The number of aryl methyl sites for hydroxylation is 1. The predicted octanol–water partition coefficient (Wildman–Crippen LogP) is 0.436. The van der Waals surface area contributed by atoms with E-state index in [0.717, 1.165) is 12.8 Å². The third-order valence-corrected chi connectivity index (χ3v) is 3.17. The summed E-state index contributed by atoms with van der Waals surface area (Å²) in [6.07, 6.45) is 1.90. The Hall–Kier alpha value is -1.91. The van der Waals surface area contributed by atoms with Crippen molar-refractivity contribution in [1.82, 2.24) is 19.8 Å². The second kappa shape index (κ2) is 3.30. The van der Waals surface area contributed by atoms with Crippen LogP contribution in [0.4, 0.5) is 0 Å². The zero-order valence-corrected chi connectivity index (χ0v) is 9.09. The monoisotopic (exact) mass is 215 g/mol. The summed E-state index contributed by atoms with van der Waals surface area (Å²) in [5.41, 5.74) is 3.09. The molecule has 0 spiro atoms. The minimum absolute atomic E-state index is 0.249. The Morgan fingerprint density at radius 2 is 1.81 bits per heavy atom. The summed E-state index contributed by atoms with van der Waals surface area (Å²) in [7, 11) is 1.74. The Labute approximate surface area is 92.8 Å². The van der Waals surface area contributed by atoms with E-state index >= 15 is 0 Å². The molecule has 5 nitrogen and oxygen atoms in total. The molecule has 0 atom stereocenters. The SMILES string of the molecule is Cn1nnn(C2Cc3ccccc3C2)c1=N. The van der Waals surface area contributed by atoms with E-state index in [0.29, 0.717) is 5.62 Å². The zero-order valence-electron chi connectivity index (χ0n) is 9.09. The molecule has 82 valence electrons. The Morgan fingerprint density at radius 1 is 1.19 bits per heavy atom. The highest BCUT2D eigenvalue weighted by Gasteiger charge is 2.24. The van der Waals surface area contributed by atoms with E-state index in [2.05, 4.69) is 34.7 Å². The minimum Gasteiger partial charge on any atom is -0.266 e. The summed E-state index contributed by atoms with van der Waals surface area (Å²) in [6.45, 7) is 0. The van der Waals surface area contributed by atoms with E-state index in [1.807, 2.05) is 0 Å². The standard InChI is InChI=1S/C11H13N5/c1-15-11(12)16(14-13-15)10-6-8-4-2-3-5-9(8)7-10/h2-5,10,12H,6-7H2,1H3.